The predicted molar refractivity (Wildman–Crippen MR) is 96.4 cm³/mol. The average molecular weight is 355 g/mol. The number of nitrogens with zero attached hydrogens (tertiary/aromatic N) is 3. The molecule has 1 aromatic carbocycles. The van der Waals surface area contributed by atoms with Gasteiger partial charge in [-0.2, -0.15) is 5.26 Å². The van der Waals surface area contributed by atoms with Crippen LogP contribution in [0.1, 0.15) is 55.1 Å². The molecule has 1 unspecified atom stereocenters. The molecule has 0 aromatic heterocycles. The number of benzene rings is 1. The number of amides is 2. The van der Waals surface area contributed by atoms with Crippen LogP contribution in [-0.4, -0.2) is 47.0 Å². The summed E-state index contributed by atoms with van der Waals surface area (Å²) in [5, 5.41) is 9.24. The van der Waals surface area contributed by atoms with Gasteiger partial charge in [-0.15, -0.1) is 0 Å². The lowest BCUT2D eigenvalue weighted by molar-refractivity contribution is 0.0147. The van der Waals surface area contributed by atoms with Crippen LogP contribution in [0.4, 0.5) is 4.79 Å². The second-order valence-corrected chi connectivity index (χ2v) is 8.07. The van der Waals surface area contributed by atoms with Gasteiger partial charge >= 0.3 is 6.09 Å². The van der Waals surface area contributed by atoms with Crippen molar-refractivity contribution in [3.05, 3.63) is 34.9 Å². The molecule has 1 fully saturated rings. The van der Waals surface area contributed by atoms with Crippen molar-refractivity contribution in [2.24, 2.45) is 5.92 Å². The molecule has 6 nitrogen and oxygen atoms in total. The van der Waals surface area contributed by atoms with Crippen LogP contribution in [0.3, 0.4) is 0 Å². The maximum absolute atomic E-state index is 12.7. The fourth-order valence-corrected chi connectivity index (χ4v) is 3.68. The van der Waals surface area contributed by atoms with E-state index >= 15 is 0 Å². The highest BCUT2D eigenvalue weighted by molar-refractivity contribution is 6.00. The van der Waals surface area contributed by atoms with Gasteiger partial charge < -0.3 is 14.5 Å². The summed E-state index contributed by atoms with van der Waals surface area (Å²) in [5.41, 5.74) is 1.38. The van der Waals surface area contributed by atoms with E-state index in [4.69, 9.17) is 4.74 Å². The van der Waals surface area contributed by atoms with Gasteiger partial charge in [0, 0.05) is 26.2 Å². The number of piperidine rings is 1. The van der Waals surface area contributed by atoms with Gasteiger partial charge in [-0.3, -0.25) is 4.79 Å². The standard InChI is InChI=1S/C20H25N3O3/c1-20(2,3)26-19(25)22-9-5-6-14(11-22)12-23-13-16-8-4-7-15(10-21)17(16)18(23)24/h4,7-8,14H,5-6,9,11-13H2,1-3H3. The predicted octanol–water partition coefficient (Wildman–Crippen LogP) is 3.16. The lowest BCUT2D eigenvalue weighted by atomic mass is 9.97. The minimum absolute atomic E-state index is 0.0773. The highest BCUT2D eigenvalue weighted by Gasteiger charge is 2.34. The monoisotopic (exact) mass is 355 g/mol. The molecule has 1 saturated heterocycles. The second-order valence-electron chi connectivity index (χ2n) is 8.07. The Hall–Kier alpha value is -2.55. The first-order valence-corrected chi connectivity index (χ1v) is 9.07. The van der Waals surface area contributed by atoms with E-state index in [9.17, 15) is 14.9 Å². The molecular weight excluding hydrogens is 330 g/mol. The number of carbonyl (C=O) groups excluding carboxylic acids is 2. The fraction of sp³-hybridized carbons (Fsp3) is 0.550. The highest BCUT2D eigenvalue weighted by atomic mass is 16.6. The number of carbonyl (C=O) groups is 2. The van der Waals surface area contributed by atoms with Gasteiger partial charge in [-0.25, -0.2) is 4.79 Å². The quantitative estimate of drug-likeness (QED) is 0.817. The number of likely N-dealkylation sites (tertiary alicyclic amines) is 1. The van der Waals surface area contributed by atoms with Crippen LogP contribution in [0.15, 0.2) is 18.2 Å². The highest BCUT2D eigenvalue weighted by Crippen LogP contribution is 2.28. The van der Waals surface area contributed by atoms with E-state index in [-0.39, 0.29) is 17.9 Å². The number of hydrogen-bond donors (Lipinski definition) is 0. The lowest BCUT2D eigenvalue weighted by Gasteiger charge is -2.35. The largest absolute Gasteiger partial charge is 0.444 e. The van der Waals surface area contributed by atoms with Gasteiger partial charge in [0.05, 0.1) is 17.2 Å². The van der Waals surface area contributed by atoms with E-state index in [0.717, 1.165) is 18.4 Å². The number of nitriles is 1. The van der Waals surface area contributed by atoms with Crippen LogP contribution < -0.4 is 0 Å². The lowest BCUT2D eigenvalue weighted by Crippen LogP contribution is -2.45. The van der Waals surface area contributed by atoms with Crippen molar-refractivity contribution in [1.82, 2.24) is 9.80 Å². The second kappa shape index (κ2) is 6.99. The Morgan fingerprint density at radius 2 is 2.15 bits per heavy atom. The first-order valence-electron chi connectivity index (χ1n) is 9.07. The van der Waals surface area contributed by atoms with E-state index in [1.165, 1.54) is 0 Å². The topological polar surface area (TPSA) is 73.6 Å². The summed E-state index contributed by atoms with van der Waals surface area (Å²) >= 11 is 0. The average Bonchev–Trinajstić information content (AvgIpc) is 2.90. The molecule has 0 N–H and O–H groups in total. The van der Waals surface area contributed by atoms with Gasteiger partial charge in [0.15, 0.2) is 0 Å². The van der Waals surface area contributed by atoms with Crippen LogP contribution >= 0.6 is 0 Å². The zero-order valence-corrected chi connectivity index (χ0v) is 15.6. The summed E-state index contributed by atoms with van der Waals surface area (Å²) in [6.45, 7) is 8.00. The smallest absolute Gasteiger partial charge is 0.410 e. The van der Waals surface area contributed by atoms with Crippen molar-refractivity contribution in [1.29, 1.82) is 5.26 Å². The molecule has 26 heavy (non-hydrogen) atoms. The first-order chi connectivity index (χ1) is 12.3. The van der Waals surface area contributed by atoms with E-state index in [1.54, 1.807) is 15.9 Å². The molecule has 6 heteroatoms. The van der Waals surface area contributed by atoms with Gasteiger partial charge in [-0.05, 0) is 51.2 Å². The maximum Gasteiger partial charge on any atom is 0.410 e. The molecule has 1 atom stereocenters. The van der Waals surface area contributed by atoms with Crippen LogP contribution in [0, 0.1) is 17.2 Å². The first kappa shape index (κ1) is 18.2. The third-order valence-corrected chi connectivity index (χ3v) is 4.78. The Balaban J connectivity index is 1.64. The van der Waals surface area contributed by atoms with Gasteiger partial charge in [-0.1, -0.05) is 12.1 Å². The molecule has 138 valence electrons. The van der Waals surface area contributed by atoms with E-state index in [2.05, 4.69) is 6.07 Å². The van der Waals surface area contributed by atoms with E-state index < -0.39 is 5.60 Å². The Morgan fingerprint density at radius 3 is 2.85 bits per heavy atom. The van der Waals surface area contributed by atoms with Crippen molar-refractivity contribution in [2.45, 2.75) is 45.8 Å². The molecule has 1 aromatic rings. The molecule has 0 saturated carbocycles. The molecule has 2 heterocycles. The van der Waals surface area contributed by atoms with Gasteiger partial charge in [0.25, 0.3) is 5.91 Å². The van der Waals surface area contributed by atoms with Crippen molar-refractivity contribution < 1.29 is 14.3 Å². The van der Waals surface area contributed by atoms with Crippen LogP contribution in [0.5, 0.6) is 0 Å². The Kier molecular flexibility index (Phi) is 4.90. The van der Waals surface area contributed by atoms with Crippen LogP contribution in [0.25, 0.3) is 0 Å². The van der Waals surface area contributed by atoms with Crippen LogP contribution in [-0.2, 0) is 11.3 Å². The maximum atomic E-state index is 12.7. The summed E-state index contributed by atoms with van der Waals surface area (Å²) in [4.78, 5) is 28.6. The van der Waals surface area contributed by atoms with Crippen molar-refractivity contribution in [2.75, 3.05) is 19.6 Å². The van der Waals surface area contributed by atoms with E-state index in [0.29, 0.717) is 37.3 Å². The van der Waals surface area contributed by atoms with Crippen molar-refractivity contribution in [3.8, 4) is 6.07 Å². The summed E-state index contributed by atoms with van der Waals surface area (Å²) in [5.74, 6) is 0.145. The Bertz CT molecular complexity index is 761. The normalized spacial score (nSPS) is 19.9. The van der Waals surface area contributed by atoms with Crippen molar-refractivity contribution in [3.63, 3.8) is 0 Å². The van der Waals surface area contributed by atoms with Gasteiger partial charge in [0.1, 0.15) is 5.60 Å². The van der Waals surface area contributed by atoms with E-state index in [1.807, 2.05) is 32.9 Å². The summed E-state index contributed by atoms with van der Waals surface area (Å²) in [6, 6.07) is 7.52. The molecule has 0 spiro atoms. The third-order valence-electron chi connectivity index (χ3n) is 4.78. The minimum atomic E-state index is -0.510. The minimum Gasteiger partial charge on any atom is -0.444 e. The fourth-order valence-electron chi connectivity index (χ4n) is 3.68. The molecule has 2 aliphatic rings. The summed E-state index contributed by atoms with van der Waals surface area (Å²) < 4.78 is 5.47. The number of fused-ring (bicyclic) bond motifs is 1. The molecule has 0 radical (unpaired) electrons. The summed E-state index contributed by atoms with van der Waals surface area (Å²) in [6.07, 6.45) is 1.59. The third kappa shape index (κ3) is 3.82. The zero-order chi connectivity index (χ0) is 18.9. The molecule has 2 aliphatic heterocycles. The summed E-state index contributed by atoms with van der Waals surface area (Å²) in [7, 11) is 0. The molecule has 2 amide bonds. The van der Waals surface area contributed by atoms with Gasteiger partial charge in [0.2, 0.25) is 0 Å². The zero-order valence-electron chi connectivity index (χ0n) is 15.6. The number of ether oxygens (including phenoxy) is 1. The van der Waals surface area contributed by atoms with Crippen molar-refractivity contribution >= 4 is 12.0 Å². The molecule has 0 aliphatic carbocycles. The Morgan fingerprint density at radius 1 is 1.38 bits per heavy atom. The number of rotatable bonds is 2. The number of hydrogen-bond acceptors (Lipinski definition) is 4. The SMILES string of the molecule is CC(C)(C)OC(=O)N1CCCC(CN2Cc3cccc(C#N)c3C2=O)C1. The Labute approximate surface area is 154 Å². The molecule has 3 rings (SSSR count). The molecular formula is C20H25N3O3. The molecule has 0 bridgehead atoms. The van der Waals surface area contributed by atoms with Crippen LogP contribution in [0.2, 0.25) is 0 Å².